The molecule has 1 fully saturated rings. The number of amides is 1. The summed E-state index contributed by atoms with van der Waals surface area (Å²) in [5.74, 6) is 1.37. The number of halogens is 1. The standard InChI is InChI=1S/C15H22ClN3O/c1-3-4-11-7-9-19(10-8-11)15(20)14-12(16)5-6-13(17-2)18-14/h5-6,11H,3-4,7-10H2,1-2H3,(H,17,18). The van der Waals surface area contributed by atoms with Crippen molar-refractivity contribution >= 4 is 23.3 Å². The van der Waals surface area contributed by atoms with E-state index in [4.69, 9.17) is 11.6 Å². The third kappa shape index (κ3) is 3.42. The van der Waals surface area contributed by atoms with Gasteiger partial charge < -0.3 is 10.2 Å². The lowest BCUT2D eigenvalue weighted by Crippen LogP contribution is -2.39. The lowest BCUT2D eigenvalue weighted by Gasteiger charge is -2.31. The summed E-state index contributed by atoms with van der Waals surface area (Å²) in [6, 6.07) is 3.49. The topological polar surface area (TPSA) is 45.2 Å². The van der Waals surface area contributed by atoms with Crippen LogP contribution in [0.1, 0.15) is 43.1 Å². The lowest BCUT2D eigenvalue weighted by atomic mass is 9.92. The summed E-state index contributed by atoms with van der Waals surface area (Å²) < 4.78 is 0. The number of nitrogens with one attached hydrogen (secondary N) is 1. The van der Waals surface area contributed by atoms with Gasteiger partial charge in [-0.25, -0.2) is 4.98 Å². The Bertz CT molecular complexity index is 470. The second kappa shape index (κ2) is 6.93. The van der Waals surface area contributed by atoms with E-state index < -0.39 is 0 Å². The average molecular weight is 296 g/mol. The van der Waals surface area contributed by atoms with Crippen LogP contribution in [0.15, 0.2) is 12.1 Å². The Morgan fingerprint density at radius 3 is 2.75 bits per heavy atom. The molecular formula is C15H22ClN3O. The molecule has 1 N–H and O–H groups in total. The first-order valence-electron chi connectivity index (χ1n) is 7.29. The number of hydrogen-bond donors (Lipinski definition) is 1. The predicted molar refractivity (Wildman–Crippen MR) is 82.3 cm³/mol. The molecule has 0 bridgehead atoms. The molecule has 1 saturated heterocycles. The maximum atomic E-state index is 12.5. The first-order valence-corrected chi connectivity index (χ1v) is 7.67. The SMILES string of the molecule is CCCC1CCN(C(=O)c2nc(NC)ccc2Cl)CC1. The van der Waals surface area contributed by atoms with Gasteiger partial charge in [0.05, 0.1) is 5.02 Å². The number of nitrogens with zero attached hydrogens (tertiary/aromatic N) is 2. The van der Waals surface area contributed by atoms with E-state index in [0.29, 0.717) is 16.5 Å². The minimum atomic E-state index is -0.0537. The van der Waals surface area contributed by atoms with Gasteiger partial charge in [0.2, 0.25) is 0 Å². The van der Waals surface area contributed by atoms with Crippen LogP contribution < -0.4 is 5.32 Å². The molecule has 1 aliphatic heterocycles. The van der Waals surface area contributed by atoms with Gasteiger partial charge in [0, 0.05) is 20.1 Å². The highest BCUT2D eigenvalue weighted by atomic mass is 35.5. The Balaban J connectivity index is 2.05. The summed E-state index contributed by atoms with van der Waals surface area (Å²) >= 11 is 6.11. The van der Waals surface area contributed by atoms with E-state index in [-0.39, 0.29) is 5.91 Å². The largest absolute Gasteiger partial charge is 0.373 e. The van der Waals surface area contributed by atoms with Crippen molar-refractivity contribution in [2.45, 2.75) is 32.6 Å². The van der Waals surface area contributed by atoms with Crippen LogP contribution in [-0.2, 0) is 0 Å². The molecule has 0 unspecified atom stereocenters. The second-order valence-corrected chi connectivity index (χ2v) is 5.71. The number of likely N-dealkylation sites (tertiary alicyclic amines) is 1. The average Bonchev–Trinajstić information content (AvgIpc) is 2.48. The molecule has 0 aliphatic carbocycles. The third-order valence-corrected chi connectivity index (χ3v) is 4.21. The van der Waals surface area contributed by atoms with E-state index >= 15 is 0 Å². The van der Waals surface area contributed by atoms with Gasteiger partial charge in [-0.1, -0.05) is 31.4 Å². The van der Waals surface area contributed by atoms with Crippen LogP contribution in [0.3, 0.4) is 0 Å². The smallest absolute Gasteiger partial charge is 0.274 e. The number of pyridine rings is 1. The molecule has 2 rings (SSSR count). The fourth-order valence-electron chi connectivity index (χ4n) is 2.71. The number of piperidine rings is 1. The van der Waals surface area contributed by atoms with Gasteiger partial charge in [-0.3, -0.25) is 4.79 Å². The molecule has 2 heterocycles. The molecule has 4 nitrogen and oxygen atoms in total. The zero-order valence-corrected chi connectivity index (χ0v) is 12.9. The molecular weight excluding hydrogens is 274 g/mol. The fraction of sp³-hybridized carbons (Fsp3) is 0.600. The van der Waals surface area contributed by atoms with E-state index in [1.165, 1.54) is 12.8 Å². The highest BCUT2D eigenvalue weighted by molar-refractivity contribution is 6.33. The maximum absolute atomic E-state index is 12.5. The minimum Gasteiger partial charge on any atom is -0.373 e. The summed E-state index contributed by atoms with van der Waals surface area (Å²) in [6.45, 7) is 3.83. The quantitative estimate of drug-likeness (QED) is 0.925. The van der Waals surface area contributed by atoms with Gasteiger partial charge in [-0.15, -0.1) is 0 Å². The van der Waals surface area contributed by atoms with Gasteiger partial charge in [0.25, 0.3) is 5.91 Å². The van der Waals surface area contributed by atoms with Crippen molar-refractivity contribution in [2.75, 3.05) is 25.5 Å². The molecule has 0 radical (unpaired) electrons. The van der Waals surface area contributed by atoms with E-state index in [0.717, 1.165) is 31.8 Å². The molecule has 110 valence electrons. The highest BCUT2D eigenvalue weighted by Crippen LogP contribution is 2.24. The summed E-state index contributed by atoms with van der Waals surface area (Å²) in [5.41, 5.74) is 0.354. The molecule has 0 saturated carbocycles. The highest BCUT2D eigenvalue weighted by Gasteiger charge is 2.25. The second-order valence-electron chi connectivity index (χ2n) is 5.30. The Hall–Kier alpha value is -1.29. The van der Waals surface area contributed by atoms with Gasteiger partial charge >= 0.3 is 0 Å². The Morgan fingerprint density at radius 2 is 2.15 bits per heavy atom. The van der Waals surface area contributed by atoms with E-state index in [1.54, 1.807) is 19.2 Å². The summed E-state index contributed by atoms with van der Waals surface area (Å²) in [7, 11) is 1.78. The van der Waals surface area contributed by atoms with E-state index in [2.05, 4.69) is 17.2 Å². The van der Waals surface area contributed by atoms with Crippen LogP contribution in [0.5, 0.6) is 0 Å². The Labute approximate surface area is 125 Å². The summed E-state index contributed by atoms with van der Waals surface area (Å²) in [6.07, 6.45) is 4.65. The molecule has 0 spiro atoms. The zero-order valence-electron chi connectivity index (χ0n) is 12.2. The first-order chi connectivity index (χ1) is 9.65. The van der Waals surface area contributed by atoms with Crippen LogP contribution in [0, 0.1) is 5.92 Å². The number of rotatable bonds is 4. The number of anilines is 1. The Kier molecular flexibility index (Phi) is 5.24. The van der Waals surface area contributed by atoms with Gasteiger partial charge in [-0.05, 0) is 30.9 Å². The number of carbonyl (C=O) groups excluding carboxylic acids is 1. The molecule has 1 aliphatic rings. The van der Waals surface area contributed by atoms with Crippen LogP contribution in [0.4, 0.5) is 5.82 Å². The first kappa shape index (κ1) is 15.1. The van der Waals surface area contributed by atoms with E-state index in [9.17, 15) is 4.79 Å². The van der Waals surface area contributed by atoms with Crippen LogP contribution >= 0.6 is 11.6 Å². The third-order valence-electron chi connectivity index (χ3n) is 3.90. The maximum Gasteiger partial charge on any atom is 0.274 e. The minimum absolute atomic E-state index is 0.0537. The van der Waals surface area contributed by atoms with Gasteiger partial charge in [-0.2, -0.15) is 0 Å². The molecule has 1 amide bonds. The molecule has 5 heteroatoms. The number of carbonyl (C=O) groups is 1. The monoisotopic (exact) mass is 295 g/mol. The Morgan fingerprint density at radius 1 is 1.45 bits per heavy atom. The molecule has 0 aromatic carbocycles. The lowest BCUT2D eigenvalue weighted by molar-refractivity contribution is 0.0681. The molecule has 1 aromatic heterocycles. The van der Waals surface area contributed by atoms with Crippen LogP contribution in [0.2, 0.25) is 5.02 Å². The molecule has 1 aromatic rings. The van der Waals surface area contributed by atoms with Crippen molar-refractivity contribution in [1.29, 1.82) is 0 Å². The number of aromatic nitrogens is 1. The van der Waals surface area contributed by atoms with E-state index in [1.807, 2.05) is 4.90 Å². The predicted octanol–water partition coefficient (Wildman–Crippen LogP) is 3.43. The summed E-state index contributed by atoms with van der Waals surface area (Å²) in [5, 5.41) is 3.36. The molecule has 20 heavy (non-hydrogen) atoms. The van der Waals surface area contributed by atoms with Crippen molar-refractivity contribution in [2.24, 2.45) is 5.92 Å². The zero-order chi connectivity index (χ0) is 14.5. The summed E-state index contributed by atoms with van der Waals surface area (Å²) in [4.78, 5) is 18.7. The fourth-order valence-corrected chi connectivity index (χ4v) is 2.90. The van der Waals surface area contributed by atoms with Crippen molar-refractivity contribution in [3.63, 3.8) is 0 Å². The van der Waals surface area contributed by atoms with Crippen molar-refractivity contribution in [3.05, 3.63) is 22.8 Å². The van der Waals surface area contributed by atoms with Crippen molar-refractivity contribution < 1.29 is 4.79 Å². The normalized spacial score (nSPS) is 16.2. The van der Waals surface area contributed by atoms with Crippen LogP contribution in [0.25, 0.3) is 0 Å². The van der Waals surface area contributed by atoms with Gasteiger partial charge in [0.1, 0.15) is 11.5 Å². The van der Waals surface area contributed by atoms with Crippen molar-refractivity contribution in [1.82, 2.24) is 9.88 Å². The van der Waals surface area contributed by atoms with Gasteiger partial charge in [0.15, 0.2) is 0 Å². The van der Waals surface area contributed by atoms with Crippen molar-refractivity contribution in [3.8, 4) is 0 Å². The van der Waals surface area contributed by atoms with Crippen LogP contribution in [-0.4, -0.2) is 35.9 Å². The number of hydrogen-bond acceptors (Lipinski definition) is 3. The molecule has 0 atom stereocenters.